The van der Waals surface area contributed by atoms with Crippen LogP contribution in [0.2, 0.25) is 0 Å². The molecule has 1 amide bonds. The monoisotopic (exact) mass is 277 g/mol. The first-order chi connectivity index (χ1) is 8.30. The maximum atomic E-state index is 11.1. The van der Waals surface area contributed by atoms with Crippen molar-refractivity contribution < 1.29 is 24.1 Å². The van der Waals surface area contributed by atoms with Crippen molar-refractivity contribution in [2.24, 2.45) is 0 Å². The van der Waals surface area contributed by atoms with E-state index in [2.05, 4.69) is 17.9 Å². The van der Waals surface area contributed by atoms with E-state index in [9.17, 15) is 9.90 Å². The number of hydrogen-bond donors (Lipinski definition) is 3. The lowest BCUT2D eigenvalue weighted by Gasteiger charge is -2.23. The molecule has 5 atom stereocenters. The van der Waals surface area contributed by atoms with Crippen LogP contribution in [0.3, 0.4) is 0 Å². The molecule has 2 N–H and O–H groups in total. The van der Waals surface area contributed by atoms with E-state index in [1.54, 1.807) is 0 Å². The van der Waals surface area contributed by atoms with Crippen molar-refractivity contribution >= 4 is 18.5 Å². The Morgan fingerprint density at radius 3 is 2.67 bits per heavy atom. The smallest absolute Gasteiger partial charge is 0.217 e. The summed E-state index contributed by atoms with van der Waals surface area (Å²) in [5, 5.41) is 12.1. The highest BCUT2D eigenvalue weighted by Crippen LogP contribution is 2.33. The van der Waals surface area contributed by atoms with E-state index >= 15 is 0 Å². The van der Waals surface area contributed by atoms with Crippen LogP contribution in [-0.4, -0.2) is 53.2 Å². The molecule has 2 heterocycles. The molecule has 0 bridgehead atoms. The Morgan fingerprint density at radius 2 is 2.17 bits per heavy atom. The Kier molecular flexibility index (Phi) is 3.89. The van der Waals surface area contributed by atoms with Gasteiger partial charge in [0.1, 0.15) is 12.2 Å². The van der Waals surface area contributed by atoms with Crippen LogP contribution in [0.4, 0.5) is 0 Å². The SMILES string of the molecule is CC(=O)N[C@@H]1C(O)O[C@H]([C@H]2COC(C)(C)O2)[C@@H]1S. The Hall–Kier alpha value is -0.340. The minimum Gasteiger partial charge on any atom is -0.366 e. The quantitative estimate of drug-likeness (QED) is 0.602. The molecule has 0 aromatic carbocycles. The van der Waals surface area contributed by atoms with E-state index in [4.69, 9.17) is 14.2 Å². The normalized spacial score (nSPS) is 43.1. The molecule has 0 spiro atoms. The molecule has 18 heavy (non-hydrogen) atoms. The second kappa shape index (κ2) is 4.97. The minimum absolute atomic E-state index is 0.230. The van der Waals surface area contributed by atoms with Crippen molar-refractivity contribution in [2.45, 2.75) is 56.3 Å². The first-order valence-electron chi connectivity index (χ1n) is 5.90. The van der Waals surface area contributed by atoms with Crippen LogP contribution in [-0.2, 0) is 19.0 Å². The largest absolute Gasteiger partial charge is 0.366 e. The van der Waals surface area contributed by atoms with Crippen LogP contribution >= 0.6 is 12.6 Å². The van der Waals surface area contributed by atoms with Crippen molar-refractivity contribution in [2.75, 3.05) is 6.61 Å². The third-order valence-corrected chi connectivity index (χ3v) is 3.69. The Morgan fingerprint density at radius 1 is 1.50 bits per heavy atom. The summed E-state index contributed by atoms with van der Waals surface area (Å²) >= 11 is 4.41. The van der Waals surface area contributed by atoms with Crippen LogP contribution in [0.5, 0.6) is 0 Å². The van der Waals surface area contributed by atoms with E-state index in [1.807, 2.05) is 13.8 Å². The van der Waals surface area contributed by atoms with E-state index in [0.29, 0.717) is 6.61 Å². The van der Waals surface area contributed by atoms with Crippen molar-refractivity contribution in [1.82, 2.24) is 5.32 Å². The molecule has 0 radical (unpaired) electrons. The van der Waals surface area contributed by atoms with Gasteiger partial charge in [-0.15, -0.1) is 0 Å². The second-order valence-electron chi connectivity index (χ2n) is 5.08. The number of amides is 1. The first kappa shape index (κ1) is 14.1. The molecule has 0 aromatic heterocycles. The van der Waals surface area contributed by atoms with Gasteiger partial charge in [0.2, 0.25) is 5.91 Å². The highest BCUT2D eigenvalue weighted by Gasteiger charge is 2.49. The van der Waals surface area contributed by atoms with Crippen molar-refractivity contribution in [3.63, 3.8) is 0 Å². The van der Waals surface area contributed by atoms with Gasteiger partial charge in [0.25, 0.3) is 0 Å². The zero-order chi connectivity index (χ0) is 13.5. The number of aliphatic hydroxyl groups excluding tert-OH is 1. The number of rotatable bonds is 2. The number of aliphatic hydroxyl groups is 1. The van der Waals surface area contributed by atoms with E-state index in [-0.39, 0.29) is 17.3 Å². The van der Waals surface area contributed by atoms with Gasteiger partial charge in [0.15, 0.2) is 12.1 Å². The number of ether oxygens (including phenoxy) is 3. The highest BCUT2D eigenvalue weighted by molar-refractivity contribution is 7.81. The lowest BCUT2D eigenvalue weighted by atomic mass is 10.1. The molecule has 0 aromatic rings. The average molecular weight is 277 g/mol. The summed E-state index contributed by atoms with van der Waals surface area (Å²) in [4.78, 5) is 11.1. The number of carbonyl (C=O) groups is 1. The zero-order valence-electron chi connectivity index (χ0n) is 10.6. The average Bonchev–Trinajstić information content (AvgIpc) is 2.72. The summed E-state index contributed by atoms with van der Waals surface area (Å²) in [7, 11) is 0. The van der Waals surface area contributed by atoms with Crippen LogP contribution in [0.25, 0.3) is 0 Å². The van der Waals surface area contributed by atoms with Gasteiger partial charge in [-0.25, -0.2) is 0 Å². The Balaban J connectivity index is 2.02. The maximum Gasteiger partial charge on any atom is 0.217 e. The summed E-state index contributed by atoms with van der Waals surface area (Å²) in [6, 6.07) is -0.539. The third-order valence-electron chi connectivity index (χ3n) is 3.08. The molecule has 7 heteroatoms. The van der Waals surface area contributed by atoms with Gasteiger partial charge in [-0.1, -0.05) is 0 Å². The molecule has 0 saturated carbocycles. The van der Waals surface area contributed by atoms with Gasteiger partial charge in [-0.2, -0.15) is 12.6 Å². The van der Waals surface area contributed by atoms with Gasteiger partial charge >= 0.3 is 0 Å². The molecular weight excluding hydrogens is 258 g/mol. The van der Waals surface area contributed by atoms with Gasteiger partial charge < -0.3 is 24.6 Å². The van der Waals surface area contributed by atoms with Crippen molar-refractivity contribution in [1.29, 1.82) is 0 Å². The predicted molar refractivity (Wildman–Crippen MR) is 66.2 cm³/mol. The van der Waals surface area contributed by atoms with Crippen LogP contribution < -0.4 is 5.32 Å². The summed E-state index contributed by atoms with van der Waals surface area (Å²) in [5.74, 6) is -0.885. The second-order valence-corrected chi connectivity index (χ2v) is 5.67. The first-order valence-corrected chi connectivity index (χ1v) is 6.42. The number of thiol groups is 1. The summed E-state index contributed by atoms with van der Waals surface area (Å²) in [5.41, 5.74) is 0. The van der Waals surface area contributed by atoms with Crippen LogP contribution in [0.15, 0.2) is 0 Å². The summed E-state index contributed by atoms with van der Waals surface area (Å²) in [6.07, 6.45) is -1.79. The number of carbonyl (C=O) groups excluding carboxylic acids is 1. The number of hydrogen-bond acceptors (Lipinski definition) is 6. The third kappa shape index (κ3) is 2.80. The summed E-state index contributed by atoms with van der Waals surface area (Å²) in [6.45, 7) is 5.40. The Labute approximate surface area is 111 Å². The zero-order valence-corrected chi connectivity index (χ0v) is 11.5. The van der Waals surface area contributed by atoms with Gasteiger partial charge in [0.05, 0.1) is 17.9 Å². The molecule has 104 valence electrons. The highest BCUT2D eigenvalue weighted by atomic mass is 32.1. The predicted octanol–water partition coefficient (Wildman–Crippen LogP) is -0.342. The maximum absolute atomic E-state index is 11.1. The Bertz CT molecular complexity index is 337. The van der Waals surface area contributed by atoms with Crippen LogP contribution in [0.1, 0.15) is 20.8 Å². The number of nitrogens with one attached hydrogen (secondary N) is 1. The lowest BCUT2D eigenvalue weighted by molar-refractivity contribution is -0.170. The van der Waals surface area contributed by atoms with E-state index in [0.717, 1.165) is 0 Å². The fraction of sp³-hybridized carbons (Fsp3) is 0.909. The molecule has 1 unspecified atom stereocenters. The summed E-state index contributed by atoms with van der Waals surface area (Å²) < 4.78 is 16.6. The van der Waals surface area contributed by atoms with E-state index < -0.39 is 24.2 Å². The molecule has 2 rings (SSSR count). The molecular formula is C11H19NO5S. The van der Waals surface area contributed by atoms with Gasteiger partial charge in [-0.3, -0.25) is 4.79 Å². The van der Waals surface area contributed by atoms with Crippen molar-refractivity contribution in [3.8, 4) is 0 Å². The van der Waals surface area contributed by atoms with E-state index in [1.165, 1.54) is 6.92 Å². The molecule has 0 aliphatic carbocycles. The molecule has 2 saturated heterocycles. The minimum atomic E-state index is -1.08. The van der Waals surface area contributed by atoms with Gasteiger partial charge in [-0.05, 0) is 13.8 Å². The topological polar surface area (TPSA) is 77.0 Å². The fourth-order valence-corrected chi connectivity index (χ4v) is 2.76. The molecule has 2 aliphatic heterocycles. The molecule has 6 nitrogen and oxygen atoms in total. The van der Waals surface area contributed by atoms with Crippen LogP contribution in [0, 0.1) is 0 Å². The standard InChI is InChI=1S/C11H19NO5S/c1-5(13)12-7-9(18)8(16-10(7)14)6-4-15-11(2,3)17-6/h6-10,14,18H,4H2,1-3H3,(H,12,13)/t6-,7+,8-,9-,10?/m1/s1. The molecule has 2 aliphatic rings. The molecule has 2 fully saturated rings. The van der Waals surface area contributed by atoms with Crippen molar-refractivity contribution in [3.05, 3.63) is 0 Å². The van der Waals surface area contributed by atoms with Gasteiger partial charge in [0, 0.05) is 6.92 Å². The lowest BCUT2D eigenvalue weighted by Crippen LogP contribution is -2.46. The fourth-order valence-electron chi connectivity index (χ4n) is 2.28.